The van der Waals surface area contributed by atoms with Gasteiger partial charge in [0.2, 0.25) is 0 Å². The Hall–Kier alpha value is -0.100. The van der Waals surface area contributed by atoms with Gasteiger partial charge in [0, 0.05) is 29.1 Å². The van der Waals surface area contributed by atoms with Crippen LogP contribution in [0.1, 0.15) is 0 Å². The number of thioether (sulfide) groups is 2. The van der Waals surface area contributed by atoms with E-state index in [1.807, 2.05) is 35.7 Å². The van der Waals surface area contributed by atoms with Crippen LogP contribution in [0.2, 0.25) is 5.02 Å². The Kier molecular flexibility index (Phi) is 3.94. The highest BCUT2D eigenvalue weighted by molar-refractivity contribution is 8.06. The molecule has 0 radical (unpaired) electrons. The fourth-order valence-electron chi connectivity index (χ4n) is 2.17. The lowest BCUT2D eigenvalue weighted by Crippen LogP contribution is -2.20. The number of para-hydroxylation sites is 1. The van der Waals surface area contributed by atoms with E-state index in [0.29, 0.717) is 5.25 Å². The van der Waals surface area contributed by atoms with E-state index in [9.17, 15) is 0 Å². The predicted molar refractivity (Wildman–Crippen MR) is 85.7 cm³/mol. The summed E-state index contributed by atoms with van der Waals surface area (Å²) in [5.41, 5.74) is 2.07. The average molecular weight is 317 g/mol. The van der Waals surface area contributed by atoms with Crippen molar-refractivity contribution in [2.45, 2.75) is 11.8 Å². The maximum absolute atomic E-state index is 6.18. The number of nitrogens with zero attached hydrogens (tertiary/aromatic N) is 1. The maximum Gasteiger partial charge on any atom is 0.178 e. The second kappa shape index (κ2) is 5.49. The number of aromatic nitrogens is 2. The summed E-state index contributed by atoms with van der Waals surface area (Å²) in [7, 11) is 0. The van der Waals surface area contributed by atoms with Crippen LogP contribution in [0.15, 0.2) is 18.2 Å². The van der Waals surface area contributed by atoms with E-state index >= 15 is 0 Å². The number of fused-ring (bicyclic) bond motifs is 1. The van der Waals surface area contributed by atoms with Crippen molar-refractivity contribution in [3.8, 4) is 0 Å². The zero-order chi connectivity index (χ0) is 12.5. The normalized spacial score (nSPS) is 20.4. The van der Waals surface area contributed by atoms with E-state index in [1.165, 1.54) is 17.3 Å². The lowest BCUT2D eigenvalue weighted by molar-refractivity contribution is 0.705. The van der Waals surface area contributed by atoms with Crippen molar-refractivity contribution < 1.29 is 0 Å². The van der Waals surface area contributed by atoms with Crippen molar-refractivity contribution in [3.05, 3.63) is 28.0 Å². The van der Waals surface area contributed by atoms with E-state index in [4.69, 9.17) is 23.8 Å². The van der Waals surface area contributed by atoms with Gasteiger partial charge >= 0.3 is 0 Å². The first-order valence-electron chi connectivity index (χ1n) is 5.82. The number of benzene rings is 1. The molecule has 0 spiro atoms. The Morgan fingerprint density at radius 2 is 2.33 bits per heavy atom. The molecule has 0 bridgehead atoms. The van der Waals surface area contributed by atoms with Crippen LogP contribution < -0.4 is 0 Å². The van der Waals surface area contributed by atoms with Gasteiger partial charge in [-0.15, -0.1) is 0 Å². The minimum Gasteiger partial charge on any atom is -0.329 e. The maximum atomic E-state index is 6.18. The van der Waals surface area contributed by atoms with E-state index in [0.717, 1.165) is 27.4 Å². The molecule has 1 aliphatic heterocycles. The molecule has 1 atom stereocenters. The van der Waals surface area contributed by atoms with Crippen molar-refractivity contribution >= 4 is 58.4 Å². The number of halogens is 1. The molecule has 0 saturated carbocycles. The molecule has 6 heteroatoms. The van der Waals surface area contributed by atoms with E-state index in [2.05, 4.69) is 15.6 Å². The zero-order valence-corrected chi connectivity index (χ0v) is 12.9. The van der Waals surface area contributed by atoms with Crippen LogP contribution in [0.5, 0.6) is 0 Å². The summed E-state index contributed by atoms with van der Waals surface area (Å²) in [5, 5.41) is 1.39. The predicted octanol–water partition coefficient (Wildman–Crippen LogP) is 4.20. The third-order valence-corrected chi connectivity index (χ3v) is 6.50. The fraction of sp³-hybridized carbons (Fsp3) is 0.417. The SMILES string of the molecule is S=c1[nH]c2c(Cl)cccc2n1CC1CSCCS1. The first kappa shape index (κ1) is 12.9. The number of H-pyrrole nitrogens is 1. The third kappa shape index (κ3) is 2.46. The average Bonchev–Trinajstić information content (AvgIpc) is 2.70. The lowest BCUT2D eigenvalue weighted by Gasteiger charge is -2.21. The Morgan fingerprint density at radius 3 is 3.11 bits per heavy atom. The minimum atomic E-state index is 0.647. The Balaban J connectivity index is 1.98. The Bertz CT molecular complexity index is 613. The molecule has 1 aromatic heterocycles. The van der Waals surface area contributed by atoms with Gasteiger partial charge in [0.15, 0.2) is 4.77 Å². The number of aromatic amines is 1. The standard InChI is InChI=1S/C12H13ClN2S3/c13-9-2-1-3-10-11(9)14-12(16)15(10)6-8-7-17-4-5-18-8/h1-3,8H,4-7H2,(H,14,16). The summed E-state index contributed by atoms with van der Waals surface area (Å²) in [4.78, 5) is 3.21. The van der Waals surface area contributed by atoms with Gasteiger partial charge in [-0.05, 0) is 24.4 Å². The molecule has 96 valence electrons. The molecule has 2 nitrogen and oxygen atoms in total. The van der Waals surface area contributed by atoms with Crippen LogP contribution in [-0.2, 0) is 6.54 Å². The molecule has 1 unspecified atom stereocenters. The highest BCUT2D eigenvalue weighted by Gasteiger charge is 2.17. The molecule has 18 heavy (non-hydrogen) atoms. The second-order valence-electron chi connectivity index (χ2n) is 4.24. The molecule has 2 aromatic rings. The summed E-state index contributed by atoms with van der Waals surface area (Å²) in [5.74, 6) is 3.72. The smallest absolute Gasteiger partial charge is 0.178 e. The lowest BCUT2D eigenvalue weighted by atomic mass is 10.3. The van der Waals surface area contributed by atoms with Crippen molar-refractivity contribution in [1.82, 2.24) is 9.55 Å². The van der Waals surface area contributed by atoms with Crippen LogP contribution in [0.3, 0.4) is 0 Å². The number of hydrogen-bond acceptors (Lipinski definition) is 3. The second-order valence-corrected chi connectivity index (χ2v) is 7.59. The Morgan fingerprint density at radius 1 is 1.44 bits per heavy atom. The van der Waals surface area contributed by atoms with Crippen molar-refractivity contribution in [2.75, 3.05) is 17.3 Å². The quantitative estimate of drug-likeness (QED) is 0.839. The summed E-state index contributed by atoms with van der Waals surface area (Å²) in [6.45, 7) is 0.969. The van der Waals surface area contributed by atoms with Gasteiger partial charge in [0.05, 0.1) is 16.1 Å². The summed E-state index contributed by atoms with van der Waals surface area (Å²) in [6, 6.07) is 5.95. The van der Waals surface area contributed by atoms with Crippen LogP contribution in [-0.4, -0.2) is 32.1 Å². The largest absolute Gasteiger partial charge is 0.329 e. The Labute approximate surface area is 124 Å². The molecule has 1 saturated heterocycles. The van der Waals surface area contributed by atoms with Crippen LogP contribution in [0, 0.1) is 4.77 Å². The van der Waals surface area contributed by atoms with Crippen LogP contribution in [0.4, 0.5) is 0 Å². The number of nitrogens with one attached hydrogen (secondary N) is 1. The van der Waals surface area contributed by atoms with Gasteiger partial charge in [-0.2, -0.15) is 23.5 Å². The molecule has 0 aliphatic carbocycles. The molecular formula is C12H13ClN2S3. The van der Waals surface area contributed by atoms with Gasteiger partial charge in [-0.1, -0.05) is 17.7 Å². The number of hydrogen-bond donors (Lipinski definition) is 1. The molecular weight excluding hydrogens is 304 g/mol. The van der Waals surface area contributed by atoms with Gasteiger partial charge < -0.3 is 9.55 Å². The molecule has 0 amide bonds. The zero-order valence-electron chi connectivity index (χ0n) is 9.69. The highest BCUT2D eigenvalue weighted by Crippen LogP contribution is 2.28. The highest BCUT2D eigenvalue weighted by atomic mass is 35.5. The molecule has 3 rings (SSSR count). The topological polar surface area (TPSA) is 20.7 Å². The van der Waals surface area contributed by atoms with E-state index in [1.54, 1.807) is 0 Å². The van der Waals surface area contributed by atoms with Gasteiger partial charge in [0.25, 0.3) is 0 Å². The summed E-state index contributed by atoms with van der Waals surface area (Å²) >= 11 is 15.7. The van der Waals surface area contributed by atoms with Crippen LogP contribution >= 0.6 is 47.3 Å². The molecule has 1 aliphatic rings. The third-order valence-electron chi connectivity index (χ3n) is 3.03. The van der Waals surface area contributed by atoms with Crippen LogP contribution in [0.25, 0.3) is 11.0 Å². The van der Waals surface area contributed by atoms with Crippen molar-refractivity contribution in [3.63, 3.8) is 0 Å². The summed E-state index contributed by atoms with van der Waals surface area (Å²) < 4.78 is 2.95. The van der Waals surface area contributed by atoms with Crippen molar-refractivity contribution in [1.29, 1.82) is 0 Å². The van der Waals surface area contributed by atoms with Gasteiger partial charge in [-0.3, -0.25) is 0 Å². The monoisotopic (exact) mass is 316 g/mol. The van der Waals surface area contributed by atoms with Gasteiger partial charge in [-0.25, -0.2) is 0 Å². The number of rotatable bonds is 2. The van der Waals surface area contributed by atoms with E-state index < -0.39 is 0 Å². The molecule has 1 N–H and O–H groups in total. The van der Waals surface area contributed by atoms with E-state index in [-0.39, 0.29) is 0 Å². The first-order valence-corrected chi connectivity index (χ1v) is 8.81. The molecule has 1 fully saturated rings. The first-order chi connectivity index (χ1) is 8.75. The van der Waals surface area contributed by atoms with Gasteiger partial charge in [0.1, 0.15) is 0 Å². The fourth-order valence-corrected chi connectivity index (χ4v) is 5.32. The van der Waals surface area contributed by atoms with Crippen molar-refractivity contribution in [2.24, 2.45) is 0 Å². The minimum absolute atomic E-state index is 0.647. The molecule has 2 heterocycles. The number of imidazole rings is 1. The molecule has 1 aromatic carbocycles. The summed E-state index contributed by atoms with van der Waals surface area (Å²) in [6.07, 6.45) is 0.